The molecule has 10 heteroatoms. The molecule has 4 aromatic carbocycles. The average molecular weight is 779 g/mol. The molecule has 10 nitrogen and oxygen atoms in total. The van der Waals surface area contributed by atoms with Gasteiger partial charge in [-0.05, 0) is 72.6 Å². The lowest BCUT2D eigenvalue weighted by atomic mass is 9.88. The Morgan fingerprint density at radius 2 is 1.14 bits per heavy atom. The maximum atomic E-state index is 11.9. The van der Waals surface area contributed by atoms with E-state index in [0.29, 0.717) is 31.6 Å². The Morgan fingerprint density at radius 1 is 0.649 bits per heavy atom. The number of rotatable bonds is 16. The molecular formula is C47H54O10. The van der Waals surface area contributed by atoms with E-state index in [-0.39, 0.29) is 28.2 Å². The first-order valence-corrected chi connectivity index (χ1v) is 18.5. The Balaban J connectivity index is 0.000000440. The summed E-state index contributed by atoms with van der Waals surface area (Å²) in [6, 6.07) is 32.3. The van der Waals surface area contributed by atoms with E-state index < -0.39 is 23.9 Å². The minimum absolute atomic E-state index is 0.0611. The number of carboxylic acid groups (broad SMARTS) is 3. The number of hydrogen-bond acceptors (Lipinski definition) is 7. The van der Waals surface area contributed by atoms with Crippen molar-refractivity contribution in [2.45, 2.75) is 66.2 Å². The Bertz CT molecular complexity index is 1910. The van der Waals surface area contributed by atoms with Crippen molar-refractivity contribution in [2.75, 3.05) is 13.2 Å². The Kier molecular flexibility index (Phi) is 23.8. The van der Waals surface area contributed by atoms with Gasteiger partial charge in [0.15, 0.2) is 0 Å². The zero-order valence-corrected chi connectivity index (χ0v) is 33.2. The van der Waals surface area contributed by atoms with Crippen LogP contribution in [0.15, 0.2) is 134 Å². The maximum absolute atomic E-state index is 11.9. The van der Waals surface area contributed by atoms with E-state index in [9.17, 15) is 34.2 Å². The summed E-state index contributed by atoms with van der Waals surface area (Å²) >= 11 is 0. The number of benzene rings is 4. The van der Waals surface area contributed by atoms with Crippen molar-refractivity contribution < 1.29 is 48.8 Å². The normalized spacial score (nSPS) is 10.1. The van der Waals surface area contributed by atoms with Crippen LogP contribution in [0.4, 0.5) is 0 Å². The Morgan fingerprint density at radius 3 is 1.56 bits per heavy atom. The first-order valence-electron chi connectivity index (χ1n) is 18.5. The third kappa shape index (κ3) is 20.1. The second kappa shape index (κ2) is 27.9. The molecule has 0 saturated heterocycles. The fourth-order valence-corrected chi connectivity index (χ4v) is 4.83. The average Bonchev–Trinajstić information content (AvgIpc) is 3.20. The third-order valence-electron chi connectivity index (χ3n) is 7.88. The number of hydrogen-bond donors (Lipinski definition) is 3. The van der Waals surface area contributed by atoms with Gasteiger partial charge in [-0.3, -0.25) is 4.79 Å². The van der Waals surface area contributed by atoms with E-state index in [4.69, 9.17) is 9.84 Å². The van der Waals surface area contributed by atoms with Gasteiger partial charge in [0.05, 0.1) is 29.9 Å². The molecule has 57 heavy (non-hydrogen) atoms. The lowest BCUT2D eigenvalue weighted by Gasteiger charge is -2.15. The molecule has 4 aromatic rings. The molecule has 0 spiro atoms. The van der Waals surface area contributed by atoms with Crippen LogP contribution < -0.4 is 0 Å². The minimum Gasteiger partial charge on any atom is -0.478 e. The van der Waals surface area contributed by atoms with Gasteiger partial charge in [-0.15, -0.1) is 0 Å². The van der Waals surface area contributed by atoms with Crippen LogP contribution >= 0.6 is 0 Å². The molecule has 0 aliphatic rings. The lowest BCUT2D eigenvalue weighted by molar-refractivity contribution is -0.141. The Labute approximate surface area is 335 Å². The number of carbonyl (C=O) groups is 5. The van der Waals surface area contributed by atoms with E-state index in [0.717, 1.165) is 42.4 Å². The van der Waals surface area contributed by atoms with Gasteiger partial charge in [0.25, 0.3) is 0 Å². The summed E-state index contributed by atoms with van der Waals surface area (Å²) in [7, 11) is 0. The highest BCUT2D eigenvalue weighted by atomic mass is 16.5. The van der Waals surface area contributed by atoms with Crippen LogP contribution in [0.2, 0.25) is 0 Å². The molecule has 0 unspecified atom stereocenters. The molecule has 0 amide bonds. The van der Waals surface area contributed by atoms with E-state index >= 15 is 0 Å². The van der Waals surface area contributed by atoms with E-state index in [1.807, 2.05) is 104 Å². The number of carbonyl (C=O) groups excluding carboxylic acids is 2. The summed E-state index contributed by atoms with van der Waals surface area (Å²) in [5, 5.41) is 27.7. The summed E-state index contributed by atoms with van der Waals surface area (Å²) in [5.41, 5.74) is 4.34. The van der Waals surface area contributed by atoms with Gasteiger partial charge in [0.2, 0.25) is 0 Å². The van der Waals surface area contributed by atoms with Crippen molar-refractivity contribution in [2.24, 2.45) is 0 Å². The highest BCUT2D eigenvalue weighted by Gasteiger charge is 2.23. The zero-order chi connectivity index (χ0) is 42.6. The van der Waals surface area contributed by atoms with Crippen molar-refractivity contribution in [1.29, 1.82) is 0 Å². The highest BCUT2D eigenvalue weighted by molar-refractivity contribution is 6.03. The van der Waals surface area contributed by atoms with Crippen LogP contribution in [0, 0.1) is 0 Å². The van der Waals surface area contributed by atoms with E-state index in [2.05, 4.69) is 24.8 Å². The number of esters is 2. The zero-order valence-electron chi connectivity index (χ0n) is 33.2. The molecule has 4 rings (SSSR count). The monoisotopic (exact) mass is 778 g/mol. The smallest absolute Gasteiger partial charge is 0.337 e. The van der Waals surface area contributed by atoms with Crippen molar-refractivity contribution in [1.82, 2.24) is 0 Å². The summed E-state index contributed by atoms with van der Waals surface area (Å²) in [6.45, 7) is 14.9. The van der Waals surface area contributed by atoms with Crippen LogP contribution in [0.25, 0.3) is 6.08 Å². The molecule has 0 fully saturated rings. The van der Waals surface area contributed by atoms with Gasteiger partial charge in [0, 0.05) is 12.5 Å². The highest BCUT2D eigenvalue weighted by Crippen LogP contribution is 2.25. The Hall–Kier alpha value is -6.55. The quantitative estimate of drug-likeness (QED) is 0.0432. The number of ether oxygens (including phenoxy) is 2. The van der Waals surface area contributed by atoms with Crippen molar-refractivity contribution >= 4 is 35.9 Å². The summed E-state index contributed by atoms with van der Waals surface area (Å²) < 4.78 is 9.49. The number of unbranched alkanes of at least 4 members (excludes halogenated alkanes) is 2. The van der Waals surface area contributed by atoms with E-state index in [1.165, 1.54) is 31.6 Å². The fourth-order valence-electron chi connectivity index (χ4n) is 4.83. The summed E-state index contributed by atoms with van der Waals surface area (Å²) in [4.78, 5) is 55.2. The van der Waals surface area contributed by atoms with Gasteiger partial charge in [-0.2, -0.15) is 0 Å². The van der Waals surface area contributed by atoms with Gasteiger partial charge >= 0.3 is 29.8 Å². The topological polar surface area (TPSA) is 164 Å². The molecule has 0 aliphatic carbocycles. The van der Waals surface area contributed by atoms with Crippen LogP contribution in [0.3, 0.4) is 0 Å². The minimum atomic E-state index is -1.23. The number of aliphatic carboxylic acids is 1. The molecule has 0 aromatic heterocycles. The fraction of sp³-hybridized carbons (Fsp3) is 0.255. The van der Waals surface area contributed by atoms with Crippen molar-refractivity contribution in [3.63, 3.8) is 0 Å². The first-order chi connectivity index (χ1) is 27.2. The molecule has 3 N–H and O–H groups in total. The van der Waals surface area contributed by atoms with Crippen LogP contribution in [-0.2, 0) is 36.7 Å². The lowest BCUT2D eigenvalue weighted by Crippen LogP contribution is -2.14. The molecular weight excluding hydrogens is 725 g/mol. The molecule has 0 saturated carbocycles. The largest absolute Gasteiger partial charge is 0.478 e. The number of aromatic carboxylic acids is 2. The predicted octanol–water partition coefficient (Wildman–Crippen LogP) is 9.86. The molecule has 0 radical (unpaired) electrons. The molecule has 0 heterocycles. The van der Waals surface area contributed by atoms with Crippen molar-refractivity contribution in [3.05, 3.63) is 172 Å². The summed E-state index contributed by atoms with van der Waals surface area (Å²) in [5.74, 6) is -4.27. The third-order valence-corrected chi connectivity index (χ3v) is 7.88. The molecule has 0 aliphatic heterocycles. The standard InChI is InChI=1S/C22H18O4.C11H16O4.C8H8.C6H12O2/c23-21(24)18-12-11-17(13-15-7-3-1-4-8-15)19(20(18)22(25)26)14-16-9-5-2-6-10-16;1-4-5-6-15-11(14)9(3)7-8(2)10(12)13;1-2-8-6-4-3-5-7-8;1-3-4-5-8-6(2)7/h1-12H,13-14H2,(H,23,24)(H,25,26);7H,3-6H2,1-2H3,(H,12,13);2-7H,1H2;3-5H2,1-2H3. The second-order valence-electron chi connectivity index (χ2n) is 12.5. The second-order valence-corrected chi connectivity index (χ2v) is 12.5. The first kappa shape index (κ1) is 48.5. The van der Waals surface area contributed by atoms with Crippen LogP contribution in [0.5, 0.6) is 0 Å². The molecule has 0 atom stereocenters. The van der Waals surface area contributed by atoms with Crippen molar-refractivity contribution in [3.8, 4) is 0 Å². The van der Waals surface area contributed by atoms with Crippen LogP contribution in [0.1, 0.15) is 102 Å². The van der Waals surface area contributed by atoms with Gasteiger partial charge in [0.1, 0.15) is 0 Å². The van der Waals surface area contributed by atoms with Crippen LogP contribution in [-0.4, -0.2) is 58.4 Å². The van der Waals surface area contributed by atoms with Gasteiger partial charge < -0.3 is 24.8 Å². The summed E-state index contributed by atoms with van der Waals surface area (Å²) in [6.07, 6.45) is 7.73. The SMILES string of the molecule is C=C(C=C(C)C(=O)O)C(=O)OCCCC.C=Cc1ccccc1.CCCCOC(C)=O.O=C(O)c1ccc(Cc2ccccc2)c(Cc2ccccc2)c1C(=O)O. The van der Waals surface area contributed by atoms with Gasteiger partial charge in [-0.1, -0.05) is 143 Å². The predicted molar refractivity (Wildman–Crippen MR) is 223 cm³/mol. The maximum Gasteiger partial charge on any atom is 0.337 e. The van der Waals surface area contributed by atoms with Gasteiger partial charge in [-0.25, -0.2) is 19.2 Å². The van der Waals surface area contributed by atoms with E-state index in [1.54, 1.807) is 6.07 Å². The molecule has 0 bridgehead atoms. The number of carboxylic acids is 3. The molecule has 302 valence electrons.